The van der Waals surface area contributed by atoms with Gasteiger partial charge in [-0.15, -0.1) is 0 Å². The minimum Gasteiger partial charge on any atom is -0.206 e. The molecule has 0 fully saturated rings. The van der Waals surface area contributed by atoms with Gasteiger partial charge in [0, 0.05) is 5.56 Å². The van der Waals surface area contributed by atoms with Gasteiger partial charge < -0.3 is 0 Å². The fourth-order valence-electron chi connectivity index (χ4n) is 2.00. The molecule has 0 bridgehead atoms. The van der Waals surface area contributed by atoms with Crippen LogP contribution in [-0.4, -0.2) is 12.4 Å². The van der Waals surface area contributed by atoms with Crippen LogP contribution in [0.3, 0.4) is 0 Å². The first-order valence-electron chi connectivity index (χ1n) is 7.40. The van der Waals surface area contributed by atoms with E-state index in [1.54, 1.807) is 6.07 Å². The number of hydrogen-bond donors (Lipinski definition) is 0. The Hall–Kier alpha value is -2.43. The molecule has 2 aromatic carbocycles. The molecular weight excluding hydrogens is 301 g/mol. The molecular formula is C18H17F3N2. The van der Waals surface area contributed by atoms with Crippen LogP contribution in [0.2, 0.25) is 0 Å². The van der Waals surface area contributed by atoms with Crippen LogP contribution in [0.15, 0.2) is 46.6 Å². The summed E-state index contributed by atoms with van der Waals surface area (Å²) in [4.78, 5) is 0. The smallest absolute Gasteiger partial charge is 0.159 e. The first kappa shape index (κ1) is 16.9. The van der Waals surface area contributed by atoms with E-state index >= 15 is 0 Å². The molecule has 0 saturated carbocycles. The van der Waals surface area contributed by atoms with Crippen molar-refractivity contribution in [1.82, 2.24) is 0 Å². The topological polar surface area (TPSA) is 24.7 Å². The minimum atomic E-state index is -0.952. The number of aryl methyl sites for hydroxylation is 1. The van der Waals surface area contributed by atoms with Crippen molar-refractivity contribution >= 4 is 12.4 Å². The third kappa shape index (κ3) is 5.06. The molecule has 2 aromatic rings. The lowest BCUT2D eigenvalue weighted by Crippen LogP contribution is -1.92. The molecule has 23 heavy (non-hydrogen) atoms. The van der Waals surface area contributed by atoms with E-state index in [1.807, 2.05) is 6.07 Å². The Kier molecular flexibility index (Phi) is 6.09. The molecule has 0 radical (unpaired) electrons. The third-order valence-electron chi connectivity index (χ3n) is 3.30. The molecule has 0 heterocycles. The fraction of sp³-hybridized carbons (Fsp3) is 0.222. The van der Waals surface area contributed by atoms with E-state index in [-0.39, 0.29) is 5.82 Å². The summed E-state index contributed by atoms with van der Waals surface area (Å²) in [6.45, 7) is 2.09. The molecule has 0 aliphatic heterocycles. The zero-order valence-corrected chi connectivity index (χ0v) is 12.8. The van der Waals surface area contributed by atoms with Crippen molar-refractivity contribution in [2.45, 2.75) is 26.2 Å². The van der Waals surface area contributed by atoms with Gasteiger partial charge in [0.1, 0.15) is 5.82 Å². The van der Waals surface area contributed by atoms with Crippen molar-refractivity contribution in [3.05, 3.63) is 70.5 Å². The second kappa shape index (κ2) is 8.27. The molecule has 0 aliphatic rings. The SMILES string of the molecule is CCCCc1ccc(C=NN=Cc2ccc(F)c(F)c2)c(F)c1. The summed E-state index contributed by atoms with van der Waals surface area (Å²) >= 11 is 0. The standard InChI is InChI=1S/C18H17F3N2/c1-2-3-4-13-5-7-15(17(20)9-13)12-23-22-11-14-6-8-16(19)18(21)10-14/h5-12H,2-4H2,1H3. The van der Waals surface area contributed by atoms with Crippen molar-refractivity contribution in [1.29, 1.82) is 0 Å². The van der Waals surface area contributed by atoms with E-state index in [0.717, 1.165) is 37.0 Å². The molecule has 0 unspecified atom stereocenters. The maximum atomic E-state index is 13.9. The Morgan fingerprint density at radius 2 is 1.65 bits per heavy atom. The molecule has 0 N–H and O–H groups in total. The number of rotatable bonds is 6. The van der Waals surface area contributed by atoms with E-state index < -0.39 is 11.6 Å². The lowest BCUT2D eigenvalue weighted by Gasteiger charge is -2.01. The van der Waals surface area contributed by atoms with Gasteiger partial charge in [-0.2, -0.15) is 10.2 Å². The van der Waals surface area contributed by atoms with Crippen LogP contribution in [0.25, 0.3) is 0 Å². The van der Waals surface area contributed by atoms with E-state index in [2.05, 4.69) is 17.1 Å². The highest BCUT2D eigenvalue weighted by atomic mass is 19.2. The average molecular weight is 318 g/mol. The number of benzene rings is 2. The van der Waals surface area contributed by atoms with Gasteiger partial charge in [-0.3, -0.25) is 0 Å². The van der Waals surface area contributed by atoms with Gasteiger partial charge in [0.05, 0.1) is 12.4 Å². The van der Waals surface area contributed by atoms with Crippen LogP contribution >= 0.6 is 0 Å². The Bertz CT molecular complexity index is 724. The molecule has 120 valence electrons. The summed E-state index contributed by atoms with van der Waals surface area (Å²) < 4.78 is 39.7. The van der Waals surface area contributed by atoms with Gasteiger partial charge in [0.2, 0.25) is 0 Å². The maximum absolute atomic E-state index is 13.9. The number of unbranched alkanes of at least 4 members (excludes halogenated alkanes) is 1. The zero-order valence-electron chi connectivity index (χ0n) is 12.8. The van der Waals surface area contributed by atoms with Gasteiger partial charge in [-0.05, 0) is 42.2 Å². The number of nitrogens with zero attached hydrogens (tertiary/aromatic N) is 2. The van der Waals surface area contributed by atoms with E-state index in [1.165, 1.54) is 24.6 Å². The molecule has 0 atom stereocenters. The lowest BCUT2D eigenvalue weighted by atomic mass is 10.1. The van der Waals surface area contributed by atoms with Gasteiger partial charge >= 0.3 is 0 Å². The second-order valence-electron chi connectivity index (χ2n) is 5.12. The van der Waals surface area contributed by atoms with Crippen LogP contribution in [0.4, 0.5) is 13.2 Å². The average Bonchev–Trinajstić information content (AvgIpc) is 2.54. The van der Waals surface area contributed by atoms with Gasteiger partial charge in [-0.25, -0.2) is 13.2 Å². The van der Waals surface area contributed by atoms with Crippen molar-refractivity contribution < 1.29 is 13.2 Å². The molecule has 2 rings (SSSR count). The fourth-order valence-corrected chi connectivity index (χ4v) is 2.00. The summed E-state index contributed by atoms with van der Waals surface area (Å²) in [7, 11) is 0. The van der Waals surface area contributed by atoms with Crippen LogP contribution in [0, 0.1) is 17.5 Å². The predicted molar refractivity (Wildman–Crippen MR) is 86.6 cm³/mol. The highest BCUT2D eigenvalue weighted by molar-refractivity contribution is 5.82. The predicted octanol–water partition coefficient (Wildman–Crippen LogP) is 4.90. The highest BCUT2D eigenvalue weighted by Gasteiger charge is 2.02. The second-order valence-corrected chi connectivity index (χ2v) is 5.12. The monoisotopic (exact) mass is 318 g/mol. The maximum Gasteiger partial charge on any atom is 0.159 e. The highest BCUT2D eigenvalue weighted by Crippen LogP contribution is 2.11. The third-order valence-corrected chi connectivity index (χ3v) is 3.30. The van der Waals surface area contributed by atoms with Crippen molar-refractivity contribution in [3.63, 3.8) is 0 Å². The Labute approximate surface area is 133 Å². The normalized spacial score (nSPS) is 11.7. The molecule has 5 heteroatoms. The summed E-state index contributed by atoms with van der Waals surface area (Å²) in [6.07, 6.45) is 5.48. The van der Waals surface area contributed by atoms with Gasteiger partial charge in [-0.1, -0.05) is 31.5 Å². The van der Waals surface area contributed by atoms with Crippen molar-refractivity contribution in [2.24, 2.45) is 10.2 Å². The summed E-state index contributed by atoms with van der Waals surface area (Å²) in [5.74, 6) is -2.23. The number of hydrogen-bond acceptors (Lipinski definition) is 2. The first-order chi connectivity index (χ1) is 11.1. The molecule has 0 spiro atoms. The van der Waals surface area contributed by atoms with E-state index in [0.29, 0.717) is 11.1 Å². The molecule has 2 nitrogen and oxygen atoms in total. The van der Waals surface area contributed by atoms with Crippen LogP contribution in [0.5, 0.6) is 0 Å². The number of halogens is 3. The molecule has 0 saturated heterocycles. The van der Waals surface area contributed by atoms with Crippen LogP contribution in [-0.2, 0) is 6.42 Å². The van der Waals surface area contributed by atoms with Crippen molar-refractivity contribution in [3.8, 4) is 0 Å². The first-order valence-corrected chi connectivity index (χ1v) is 7.40. The largest absolute Gasteiger partial charge is 0.206 e. The summed E-state index contributed by atoms with van der Waals surface area (Å²) in [5.41, 5.74) is 1.65. The van der Waals surface area contributed by atoms with Gasteiger partial charge in [0.25, 0.3) is 0 Å². The quantitative estimate of drug-likeness (QED) is 0.534. The molecule has 0 aliphatic carbocycles. The van der Waals surface area contributed by atoms with Crippen LogP contribution in [0.1, 0.15) is 36.5 Å². The summed E-state index contributed by atoms with van der Waals surface area (Å²) in [5, 5.41) is 7.44. The van der Waals surface area contributed by atoms with Crippen molar-refractivity contribution in [2.75, 3.05) is 0 Å². The summed E-state index contributed by atoms with van der Waals surface area (Å²) in [6, 6.07) is 8.40. The van der Waals surface area contributed by atoms with E-state index in [4.69, 9.17) is 0 Å². The minimum absolute atomic E-state index is 0.327. The Morgan fingerprint density at radius 1 is 0.870 bits per heavy atom. The lowest BCUT2D eigenvalue weighted by molar-refractivity contribution is 0.508. The Balaban J connectivity index is 2.02. The van der Waals surface area contributed by atoms with Gasteiger partial charge in [0.15, 0.2) is 11.6 Å². The molecule has 0 amide bonds. The zero-order chi connectivity index (χ0) is 16.7. The molecule has 0 aromatic heterocycles. The van der Waals surface area contributed by atoms with Crippen LogP contribution < -0.4 is 0 Å². The van der Waals surface area contributed by atoms with E-state index in [9.17, 15) is 13.2 Å². The Morgan fingerprint density at radius 3 is 2.35 bits per heavy atom.